The van der Waals surface area contributed by atoms with Gasteiger partial charge >= 0.3 is 0 Å². The van der Waals surface area contributed by atoms with Crippen LogP contribution in [0.2, 0.25) is 0 Å². The van der Waals surface area contributed by atoms with Crippen LogP contribution in [0.3, 0.4) is 0 Å². The summed E-state index contributed by atoms with van der Waals surface area (Å²) in [6, 6.07) is 4.31. The van der Waals surface area contributed by atoms with E-state index in [1.807, 2.05) is 7.05 Å². The maximum absolute atomic E-state index is 5.46. The molecule has 0 aliphatic carbocycles. The van der Waals surface area contributed by atoms with Crippen molar-refractivity contribution >= 4 is 5.82 Å². The van der Waals surface area contributed by atoms with Gasteiger partial charge in [-0.25, -0.2) is 4.98 Å². The van der Waals surface area contributed by atoms with E-state index in [2.05, 4.69) is 49.0 Å². The molecular formula is C16H25N3. The van der Waals surface area contributed by atoms with Crippen molar-refractivity contribution < 1.29 is 0 Å². The first-order chi connectivity index (χ1) is 9.12. The molecule has 0 radical (unpaired) electrons. The van der Waals surface area contributed by atoms with E-state index < -0.39 is 0 Å². The van der Waals surface area contributed by atoms with Crippen molar-refractivity contribution in [2.75, 3.05) is 25.0 Å². The van der Waals surface area contributed by atoms with Crippen LogP contribution >= 0.6 is 0 Å². The van der Waals surface area contributed by atoms with Crippen LogP contribution in [0.25, 0.3) is 0 Å². The zero-order valence-electron chi connectivity index (χ0n) is 12.5. The first-order valence-electron chi connectivity index (χ1n) is 6.96. The topological polar surface area (TPSA) is 28.2 Å². The van der Waals surface area contributed by atoms with Crippen molar-refractivity contribution in [3.8, 4) is 12.3 Å². The molecule has 3 nitrogen and oxygen atoms in total. The Morgan fingerprint density at radius 2 is 2.16 bits per heavy atom. The zero-order valence-corrected chi connectivity index (χ0v) is 12.5. The number of anilines is 1. The molecule has 0 aliphatic rings. The molecule has 0 unspecified atom stereocenters. The van der Waals surface area contributed by atoms with E-state index in [0.717, 1.165) is 31.0 Å². The van der Waals surface area contributed by atoms with E-state index in [1.54, 1.807) is 0 Å². The van der Waals surface area contributed by atoms with Gasteiger partial charge < -0.3 is 10.2 Å². The number of nitrogens with zero attached hydrogens (tertiary/aromatic N) is 2. The van der Waals surface area contributed by atoms with Gasteiger partial charge in [0.1, 0.15) is 5.82 Å². The largest absolute Gasteiger partial charge is 0.345 e. The van der Waals surface area contributed by atoms with E-state index >= 15 is 0 Å². The summed E-state index contributed by atoms with van der Waals surface area (Å²) in [4.78, 5) is 6.93. The fourth-order valence-corrected chi connectivity index (χ4v) is 2.01. The SMILES string of the molecule is C#CCN(CCC)c1cc(CNC)cc(C(C)C)n1. The highest BCUT2D eigenvalue weighted by molar-refractivity contribution is 5.44. The van der Waals surface area contributed by atoms with Crippen molar-refractivity contribution in [3.63, 3.8) is 0 Å². The Morgan fingerprint density at radius 1 is 1.42 bits per heavy atom. The fourth-order valence-electron chi connectivity index (χ4n) is 2.01. The Morgan fingerprint density at radius 3 is 2.68 bits per heavy atom. The van der Waals surface area contributed by atoms with Gasteiger partial charge in [-0.05, 0) is 37.1 Å². The Bertz CT molecular complexity index is 432. The lowest BCUT2D eigenvalue weighted by molar-refractivity contribution is 0.763. The quantitative estimate of drug-likeness (QED) is 0.763. The molecule has 0 saturated carbocycles. The van der Waals surface area contributed by atoms with Crippen LogP contribution in [0, 0.1) is 12.3 Å². The van der Waals surface area contributed by atoms with Gasteiger partial charge in [0.05, 0.1) is 6.54 Å². The average Bonchev–Trinajstić information content (AvgIpc) is 2.38. The van der Waals surface area contributed by atoms with Crippen LogP contribution in [-0.2, 0) is 6.54 Å². The van der Waals surface area contributed by atoms with Crippen molar-refractivity contribution in [1.82, 2.24) is 10.3 Å². The molecule has 104 valence electrons. The highest BCUT2D eigenvalue weighted by atomic mass is 15.2. The minimum absolute atomic E-state index is 0.421. The lowest BCUT2D eigenvalue weighted by Gasteiger charge is -2.22. The smallest absolute Gasteiger partial charge is 0.129 e. The third-order valence-electron chi connectivity index (χ3n) is 2.96. The number of pyridine rings is 1. The van der Waals surface area contributed by atoms with E-state index in [4.69, 9.17) is 11.4 Å². The van der Waals surface area contributed by atoms with Crippen molar-refractivity contribution in [1.29, 1.82) is 0 Å². The van der Waals surface area contributed by atoms with Crippen LogP contribution in [-0.4, -0.2) is 25.1 Å². The molecular weight excluding hydrogens is 234 g/mol. The van der Waals surface area contributed by atoms with Crippen molar-refractivity contribution in [3.05, 3.63) is 23.4 Å². The highest BCUT2D eigenvalue weighted by Gasteiger charge is 2.11. The normalized spacial score (nSPS) is 10.5. The van der Waals surface area contributed by atoms with Crippen molar-refractivity contribution in [2.24, 2.45) is 0 Å². The second-order valence-electron chi connectivity index (χ2n) is 5.07. The summed E-state index contributed by atoms with van der Waals surface area (Å²) >= 11 is 0. The minimum atomic E-state index is 0.421. The fraction of sp³-hybridized carbons (Fsp3) is 0.562. The molecule has 0 fully saturated rings. The Labute approximate surface area is 117 Å². The molecule has 0 aliphatic heterocycles. The van der Waals surface area contributed by atoms with Crippen LogP contribution < -0.4 is 10.2 Å². The monoisotopic (exact) mass is 259 g/mol. The molecule has 0 spiro atoms. The maximum atomic E-state index is 5.46. The van der Waals surface area contributed by atoms with Crippen LogP contribution in [0.15, 0.2) is 12.1 Å². The Balaban J connectivity index is 3.12. The number of hydrogen-bond acceptors (Lipinski definition) is 3. The average molecular weight is 259 g/mol. The van der Waals surface area contributed by atoms with Gasteiger partial charge in [-0.15, -0.1) is 6.42 Å². The van der Waals surface area contributed by atoms with Gasteiger partial charge in [-0.2, -0.15) is 0 Å². The van der Waals surface area contributed by atoms with Gasteiger partial charge in [-0.3, -0.25) is 0 Å². The first kappa shape index (κ1) is 15.5. The number of hydrogen-bond donors (Lipinski definition) is 1. The van der Waals surface area contributed by atoms with Gasteiger partial charge in [0.25, 0.3) is 0 Å². The second-order valence-corrected chi connectivity index (χ2v) is 5.07. The molecule has 19 heavy (non-hydrogen) atoms. The molecule has 0 atom stereocenters. The summed E-state index contributed by atoms with van der Waals surface area (Å²) in [6.45, 7) is 8.90. The van der Waals surface area contributed by atoms with E-state index in [1.165, 1.54) is 5.56 Å². The minimum Gasteiger partial charge on any atom is -0.345 e. The number of aromatic nitrogens is 1. The van der Waals surface area contributed by atoms with Crippen LogP contribution in [0.4, 0.5) is 5.82 Å². The van der Waals surface area contributed by atoms with E-state index in [9.17, 15) is 0 Å². The first-order valence-corrected chi connectivity index (χ1v) is 6.96. The number of nitrogens with one attached hydrogen (secondary N) is 1. The molecule has 0 saturated heterocycles. The highest BCUT2D eigenvalue weighted by Crippen LogP contribution is 2.20. The summed E-state index contributed by atoms with van der Waals surface area (Å²) in [5.41, 5.74) is 2.38. The molecule has 1 N–H and O–H groups in total. The molecule has 1 rings (SSSR count). The summed E-state index contributed by atoms with van der Waals surface area (Å²) in [5, 5.41) is 3.19. The standard InChI is InChI=1S/C16H25N3/c1-6-8-19(9-7-2)16-11-14(12-17-5)10-15(18-16)13(3)4/h1,10-11,13,17H,7-9,12H2,2-5H3. The van der Waals surface area contributed by atoms with E-state index in [0.29, 0.717) is 12.5 Å². The predicted molar refractivity (Wildman–Crippen MR) is 82.4 cm³/mol. The molecule has 1 heterocycles. The van der Waals surface area contributed by atoms with Crippen molar-refractivity contribution in [2.45, 2.75) is 39.7 Å². The molecule has 1 aromatic heterocycles. The molecule has 3 heteroatoms. The Hall–Kier alpha value is -1.53. The lowest BCUT2D eigenvalue weighted by atomic mass is 10.1. The van der Waals surface area contributed by atoms with E-state index in [-0.39, 0.29) is 0 Å². The number of rotatable bonds is 7. The molecule has 0 aromatic carbocycles. The maximum Gasteiger partial charge on any atom is 0.129 e. The molecule has 0 bridgehead atoms. The van der Waals surface area contributed by atoms with Crippen LogP contribution in [0.5, 0.6) is 0 Å². The summed E-state index contributed by atoms with van der Waals surface area (Å²) in [6.07, 6.45) is 6.53. The molecule has 1 aromatic rings. The van der Waals surface area contributed by atoms with Gasteiger partial charge in [0, 0.05) is 18.8 Å². The Kier molecular flexibility index (Phi) is 6.38. The summed E-state index contributed by atoms with van der Waals surface area (Å²) in [7, 11) is 1.96. The summed E-state index contributed by atoms with van der Waals surface area (Å²) in [5.74, 6) is 4.14. The third-order valence-corrected chi connectivity index (χ3v) is 2.96. The summed E-state index contributed by atoms with van der Waals surface area (Å²) < 4.78 is 0. The van der Waals surface area contributed by atoms with Gasteiger partial charge in [-0.1, -0.05) is 26.7 Å². The zero-order chi connectivity index (χ0) is 14.3. The lowest BCUT2D eigenvalue weighted by Crippen LogP contribution is -2.26. The second kappa shape index (κ2) is 7.81. The third kappa shape index (κ3) is 4.57. The predicted octanol–water partition coefficient (Wildman–Crippen LogP) is 2.77. The van der Waals surface area contributed by atoms with Gasteiger partial charge in [0.2, 0.25) is 0 Å². The molecule has 0 amide bonds. The number of terminal acetylenes is 1. The van der Waals surface area contributed by atoms with Gasteiger partial charge in [0.15, 0.2) is 0 Å². The van der Waals surface area contributed by atoms with Crippen LogP contribution in [0.1, 0.15) is 44.4 Å².